The van der Waals surface area contributed by atoms with Crippen molar-refractivity contribution < 1.29 is 9.59 Å². The Kier molecular flexibility index (Phi) is 10.9. The molecule has 6 nitrogen and oxygen atoms in total. The molecule has 158 valence electrons. The predicted octanol–water partition coefficient (Wildman–Crippen LogP) is 2.75. The summed E-state index contributed by atoms with van der Waals surface area (Å²) in [6.45, 7) is 9.24. The molecular weight excluding hydrogens is 376 g/mol. The Morgan fingerprint density at radius 3 is 2.50 bits per heavy atom. The molecule has 1 fully saturated rings. The Morgan fingerprint density at radius 1 is 1.18 bits per heavy atom. The Labute approximate surface area is 175 Å². The number of carbonyl (C=O) groups excluding carboxylic acids is 2. The van der Waals surface area contributed by atoms with Crippen LogP contribution in [-0.4, -0.2) is 37.6 Å². The number of hydrogen-bond donors (Lipinski definition) is 4. The second-order valence-corrected chi connectivity index (χ2v) is 7.95. The van der Waals surface area contributed by atoms with Gasteiger partial charge < -0.3 is 21.3 Å². The first-order valence-electron chi connectivity index (χ1n) is 10.0. The van der Waals surface area contributed by atoms with Gasteiger partial charge in [-0.05, 0) is 56.7 Å². The quantitative estimate of drug-likeness (QED) is 0.531. The second kappa shape index (κ2) is 12.6. The van der Waals surface area contributed by atoms with Crippen LogP contribution in [-0.2, 0) is 11.3 Å². The van der Waals surface area contributed by atoms with E-state index < -0.39 is 6.04 Å². The lowest BCUT2D eigenvalue weighted by Crippen LogP contribution is -2.51. The monoisotopic (exact) mass is 410 g/mol. The highest BCUT2D eigenvalue weighted by Crippen LogP contribution is 2.10. The molecule has 28 heavy (non-hydrogen) atoms. The van der Waals surface area contributed by atoms with Gasteiger partial charge in [-0.25, -0.2) is 4.79 Å². The number of rotatable bonds is 8. The van der Waals surface area contributed by atoms with Crippen LogP contribution in [0.25, 0.3) is 0 Å². The van der Waals surface area contributed by atoms with Crippen molar-refractivity contribution in [2.24, 2.45) is 11.8 Å². The number of urea groups is 1. The number of hydrogen-bond acceptors (Lipinski definition) is 3. The lowest BCUT2D eigenvalue weighted by atomic mass is 9.99. The summed E-state index contributed by atoms with van der Waals surface area (Å²) in [6, 6.07) is 7.20. The van der Waals surface area contributed by atoms with Crippen LogP contribution >= 0.6 is 12.4 Å². The van der Waals surface area contributed by atoms with E-state index in [1.807, 2.05) is 31.2 Å². The molecule has 0 saturated carbocycles. The van der Waals surface area contributed by atoms with Crippen LogP contribution in [0.3, 0.4) is 0 Å². The van der Waals surface area contributed by atoms with Gasteiger partial charge in [-0.2, -0.15) is 0 Å². The van der Waals surface area contributed by atoms with E-state index in [1.165, 1.54) is 5.56 Å². The van der Waals surface area contributed by atoms with E-state index >= 15 is 0 Å². The van der Waals surface area contributed by atoms with Gasteiger partial charge in [0, 0.05) is 13.1 Å². The first kappa shape index (κ1) is 24.2. The van der Waals surface area contributed by atoms with Gasteiger partial charge in [0.25, 0.3) is 0 Å². The van der Waals surface area contributed by atoms with E-state index in [0.717, 1.165) is 31.5 Å². The summed E-state index contributed by atoms with van der Waals surface area (Å²) < 4.78 is 0. The summed E-state index contributed by atoms with van der Waals surface area (Å²) in [5.41, 5.74) is 2.22. The Morgan fingerprint density at radius 2 is 1.89 bits per heavy atom. The lowest BCUT2D eigenvalue weighted by Gasteiger charge is -2.25. The van der Waals surface area contributed by atoms with Gasteiger partial charge in [-0.3, -0.25) is 4.79 Å². The molecule has 2 unspecified atom stereocenters. The predicted molar refractivity (Wildman–Crippen MR) is 116 cm³/mol. The number of benzene rings is 1. The van der Waals surface area contributed by atoms with Crippen molar-refractivity contribution >= 4 is 24.3 Å². The molecule has 0 aliphatic carbocycles. The zero-order valence-corrected chi connectivity index (χ0v) is 18.0. The van der Waals surface area contributed by atoms with Crippen LogP contribution in [0.1, 0.15) is 44.2 Å². The molecule has 1 aromatic carbocycles. The second-order valence-electron chi connectivity index (χ2n) is 7.95. The fraction of sp³-hybridized carbons (Fsp3) is 0.619. The molecule has 1 aliphatic heterocycles. The minimum atomic E-state index is -0.514. The maximum atomic E-state index is 12.6. The van der Waals surface area contributed by atoms with Gasteiger partial charge in [-0.15, -0.1) is 12.4 Å². The van der Waals surface area contributed by atoms with E-state index in [2.05, 4.69) is 35.1 Å². The summed E-state index contributed by atoms with van der Waals surface area (Å²) in [6.07, 6.45) is 2.90. The third-order valence-corrected chi connectivity index (χ3v) is 4.87. The molecule has 0 radical (unpaired) electrons. The highest BCUT2D eigenvalue weighted by molar-refractivity contribution is 5.87. The van der Waals surface area contributed by atoms with Gasteiger partial charge in [0.2, 0.25) is 5.91 Å². The summed E-state index contributed by atoms with van der Waals surface area (Å²) >= 11 is 0. The molecular formula is C21H35ClN4O2. The van der Waals surface area contributed by atoms with Gasteiger partial charge >= 0.3 is 6.03 Å². The number of amides is 3. The molecule has 0 spiro atoms. The summed E-state index contributed by atoms with van der Waals surface area (Å²) in [5.74, 6) is 0.687. The van der Waals surface area contributed by atoms with E-state index in [1.54, 1.807) is 0 Å². The summed E-state index contributed by atoms with van der Waals surface area (Å²) in [5, 5.41) is 12.1. The maximum Gasteiger partial charge on any atom is 0.315 e. The number of carbonyl (C=O) groups is 2. The molecule has 1 saturated heterocycles. The SMILES string of the molecule is Cc1ccc(CNC(=O)NC(CC(C)C)C(=O)NCC2CCCNC2)cc1.Cl. The average molecular weight is 411 g/mol. The standard InChI is InChI=1S/C21H34N4O2.ClH/c1-15(2)11-19(20(26)23-14-18-5-4-10-22-12-18)25-21(27)24-13-17-8-6-16(3)7-9-17;/h6-9,15,18-19,22H,4-5,10-14H2,1-3H3,(H,23,26)(H2,24,25,27);1H. The zero-order chi connectivity index (χ0) is 19.6. The third kappa shape index (κ3) is 8.93. The molecule has 1 aliphatic rings. The highest BCUT2D eigenvalue weighted by Gasteiger charge is 2.23. The number of halogens is 1. The molecule has 0 aromatic heterocycles. The number of aryl methyl sites for hydroxylation is 1. The van der Waals surface area contributed by atoms with Gasteiger partial charge in [0.15, 0.2) is 0 Å². The lowest BCUT2D eigenvalue weighted by molar-refractivity contribution is -0.123. The van der Waals surface area contributed by atoms with Crippen LogP contribution in [0.15, 0.2) is 24.3 Å². The van der Waals surface area contributed by atoms with Crippen molar-refractivity contribution in [1.82, 2.24) is 21.3 Å². The Hall–Kier alpha value is -1.79. The van der Waals surface area contributed by atoms with Crippen molar-refractivity contribution in [1.29, 1.82) is 0 Å². The van der Waals surface area contributed by atoms with E-state index in [9.17, 15) is 9.59 Å². The Balaban J connectivity index is 0.00000392. The minimum Gasteiger partial charge on any atom is -0.354 e. The fourth-order valence-corrected chi connectivity index (χ4v) is 3.27. The minimum absolute atomic E-state index is 0. The number of piperidine rings is 1. The van der Waals surface area contributed by atoms with Crippen LogP contribution in [0.4, 0.5) is 4.79 Å². The molecule has 7 heteroatoms. The van der Waals surface area contributed by atoms with E-state index in [-0.39, 0.29) is 24.3 Å². The van der Waals surface area contributed by atoms with Gasteiger partial charge in [0.1, 0.15) is 6.04 Å². The van der Waals surface area contributed by atoms with E-state index in [4.69, 9.17) is 0 Å². The molecule has 2 rings (SSSR count). The van der Waals surface area contributed by atoms with Crippen LogP contribution in [0.2, 0.25) is 0 Å². The average Bonchev–Trinajstić information content (AvgIpc) is 2.65. The molecule has 2 atom stereocenters. The van der Waals surface area contributed by atoms with Gasteiger partial charge in [-0.1, -0.05) is 43.7 Å². The Bertz CT molecular complexity index is 601. The third-order valence-electron chi connectivity index (χ3n) is 4.87. The largest absolute Gasteiger partial charge is 0.354 e. The normalized spacial score (nSPS) is 17.4. The van der Waals surface area contributed by atoms with Crippen molar-refractivity contribution in [3.05, 3.63) is 35.4 Å². The number of nitrogens with one attached hydrogen (secondary N) is 4. The van der Waals surface area contributed by atoms with Gasteiger partial charge in [0.05, 0.1) is 0 Å². The molecule has 4 N–H and O–H groups in total. The van der Waals surface area contributed by atoms with Crippen LogP contribution in [0, 0.1) is 18.8 Å². The zero-order valence-electron chi connectivity index (χ0n) is 17.2. The molecule has 3 amide bonds. The van der Waals surface area contributed by atoms with E-state index in [0.29, 0.717) is 31.3 Å². The highest BCUT2D eigenvalue weighted by atomic mass is 35.5. The van der Waals surface area contributed by atoms with Crippen LogP contribution < -0.4 is 21.3 Å². The topological polar surface area (TPSA) is 82.3 Å². The molecule has 0 bridgehead atoms. The smallest absolute Gasteiger partial charge is 0.315 e. The van der Waals surface area contributed by atoms with Crippen molar-refractivity contribution in [3.8, 4) is 0 Å². The summed E-state index contributed by atoms with van der Waals surface area (Å²) in [7, 11) is 0. The van der Waals surface area contributed by atoms with Crippen molar-refractivity contribution in [3.63, 3.8) is 0 Å². The maximum absolute atomic E-state index is 12.6. The molecule has 1 heterocycles. The fourth-order valence-electron chi connectivity index (χ4n) is 3.27. The first-order chi connectivity index (χ1) is 12.9. The molecule has 1 aromatic rings. The van der Waals surface area contributed by atoms with Crippen molar-refractivity contribution in [2.75, 3.05) is 19.6 Å². The summed E-state index contributed by atoms with van der Waals surface area (Å²) in [4.78, 5) is 24.9. The van der Waals surface area contributed by atoms with Crippen LogP contribution in [0.5, 0.6) is 0 Å². The first-order valence-corrected chi connectivity index (χ1v) is 10.0. The van der Waals surface area contributed by atoms with Crippen molar-refractivity contribution in [2.45, 2.75) is 52.6 Å².